The Labute approximate surface area is 120 Å². The Morgan fingerprint density at radius 2 is 1.75 bits per heavy atom. The predicted octanol–water partition coefficient (Wildman–Crippen LogP) is 5.37. The van der Waals surface area contributed by atoms with Crippen molar-refractivity contribution in [1.82, 2.24) is 0 Å². The van der Waals surface area contributed by atoms with Gasteiger partial charge >= 0.3 is 0 Å². The van der Waals surface area contributed by atoms with E-state index in [9.17, 15) is 8.78 Å². The first-order valence-electron chi connectivity index (χ1n) is 7.58. The summed E-state index contributed by atoms with van der Waals surface area (Å²) in [5.41, 5.74) is 1.04. The minimum absolute atomic E-state index is 0.358. The SMILES string of the molecule is CC(C)(C)C1CCCC(Nc2ccc(F)c(F)c2)CC1. The van der Waals surface area contributed by atoms with Crippen LogP contribution in [0.5, 0.6) is 0 Å². The quantitative estimate of drug-likeness (QED) is 0.718. The number of hydrogen-bond acceptors (Lipinski definition) is 1. The molecule has 1 saturated carbocycles. The molecule has 1 fully saturated rings. The summed E-state index contributed by atoms with van der Waals surface area (Å²) in [4.78, 5) is 0. The molecule has 1 aromatic carbocycles. The highest BCUT2D eigenvalue weighted by Crippen LogP contribution is 2.37. The molecular weight excluding hydrogens is 256 g/mol. The normalized spacial score (nSPS) is 24.2. The highest BCUT2D eigenvalue weighted by Gasteiger charge is 2.27. The minimum atomic E-state index is -0.788. The molecule has 0 heterocycles. The van der Waals surface area contributed by atoms with E-state index < -0.39 is 11.6 Å². The summed E-state index contributed by atoms with van der Waals surface area (Å²) >= 11 is 0. The monoisotopic (exact) mass is 281 g/mol. The van der Waals surface area contributed by atoms with E-state index in [4.69, 9.17) is 0 Å². The molecule has 2 atom stereocenters. The van der Waals surface area contributed by atoms with Gasteiger partial charge < -0.3 is 5.32 Å². The smallest absolute Gasteiger partial charge is 0.160 e. The van der Waals surface area contributed by atoms with E-state index in [1.165, 1.54) is 31.4 Å². The summed E-state index contributed by atoms with van der Waals surface area (Å²) in [6, 6.07) is 4.42. The third-order valence-electron chi connectivity index (χ3n) is 4.48. The Morgan fingerprint density at radius 3 is 2.40 bits per heavy atom. The summed E-state index contributed by atoms with van der Waals surface area (Å²) < 4.78 is 26.1. The number of hydrogen-bond donors (Lipinski definition) is 1. The second-order valence-electron chi connectivity index (χ2n) is 7.04. The van der Waals surface area contributed by atoms with Gasteiger partial charge in [0.2, 0.25) is 0 Å². The first-order valence-corrected chi connectivity index (χ1v) is 7.58. The van der Waals surface area contributed by atoms with E-state index >= 15 is 0 Å². The molecule has 1 nitrogen and oxygen atoms in total. The van der Waals surface area contributed by atoms with Gasteiger partial charge in [-0.2, -0.15) is 0 Å². The van der Waals surface area contributed by atoms with Crippen LogP contribution in [-0.4, -0.2) is 6.04 Å². The Balaban J connectivity index is 1.95. The van der Waals surface area contributed by atoms with Crippen molar-refractivity contribution in [1.29, 1.82) is 0 Å². The van der Waals surface area contributed by atoms with Crippen LogP contribution >= 0.6 is 0 Å². The lowest BCUT2D eigenvalue weighted by Crippen LogP contribution is -2.21. The molecule has 0 aliphatic heterocycles. The van der Waals surface area contributed by atoms with Crippen LogP contribution in [0.2, 0.25) is 0 Å². The zero-order valence-electron chi connectivity index (χ0n) is 12.7. The van der Waals surface area contributed by atoms with Gasteiger partial charge in [-0.05, 0) is 49.1 Å². The molecule has 112 valence electrons. The Morgan fingerprint density at radius 1 is 1.00 bits per heavy atom. The average molecular weight is 281 g/mol. The lowest BCUT2D eigenvalue weighted by molar-refractivity contribution is 0.214. The molecule has 1 N–H and O–H groups in total. The van der Waals surface area contributed by atoms with Gasteiger partial charge in [0.05, 0.1) is 0 Å². The maximum Gasteiger partial charge on any atom is 0.160 e. The minimum Gasteiger partial charge on any atom is -0.382 e. The lowest BCUT2D eigenvalue weighted by Gasteiger charge is -2.29. The van der Waals surface area contributed by atoms with Crippen LogP contribution < -0.4 is 5.32 Å². The van der Waals surface area contributed by atoms with Gasteiger partial charge in [0.15, 0.2) is 11.6 Å². The topological polar surface area (TPSA) is 12.0 Å². The van der Waals surface area contributed by atoms with Crippen molar-refractivity contribution in [3.8, 4) is 0 Å². The van der Waals surface area contributed by atoms with Crippen molar-refractivity contribution in [3.05, 3.63) is 29.8 Å². The molecule has 1 aliphatic rings. The second-order valence-corrected chi connectivity index (χ2v) is 7.04. The third kappa shape index (κ3) is 3.94. The van der Waals surface area contributed by atoms with E-state index in [0.29, 0.717) is 17.1 Å². The number of benzene rings is 1. The van der Waals surface area contributed by atoms with Crippen molar-refractivity contribution in [2.24, 2.45) is 11.3 Å². The highest BCUT2D eigenvalue weighted by molar-refractivity contribution is 5.44. The second kappa shape index (κ2) is 6.11. The van der Waals surface area contributed by atoms with Gasteiger partial charge in [0, 0.05) is 17.8 Å². The summed E-state index contributed by atoms with van der Waals surface area (Å²) in [6.45, 7) is 6.92. The van der Waals surface area contributed by atoms with Crippen LogP contribution in [-0.2, 0) is 0 Å². The number of rotatable bonds is 2. The van der Waals surface area contributed by atoms with Crippen LogP contribution in [0.1, 0.15) is 52.9 Å². The van der Waals surface area contributed by atoms with Crippen LogP contribution in [0, 0.1) is 23.0 Å². The third-order valence-corrected chi connectivity index (χ3v) is 4.48. The molecule has 0 saturated heterocycles. The molecule has 20 heavy (non-hydrogen) atoms. The molecule has 0 aromatic heterocycles. The average Bonchev–Trinajstić information content (AvgIpc) is 2.59. The highest BCUT2D eigenvalue weighted by atomic mass is 19.2. The molecular formula is C17H25F2N. The van der Waals surface area contributed by atoms with Crippen LogP contribution in [0.4, 0.5) is 14.5 Å². The van der Waals surface area contributed by atoms with Crippen LogP contribution in [0.15, 0.2) is 18.2 Å². The molecule has 0 bridgehead atoms. The van der Waals surface area contributed by atoms with Crippen LogP contribution in [0.3, 0.4) is 0 Å². The van der Waals surface area contributed by atoms with Crippen molar-refractivity contribution in [2.45, 2.75) is 58.9 Å². The molecule has 0 spiro atoms. The van der Waals surface area contributed by atoms with Gasteiger partial charge in [-0.15, -0.1) is 0 Å². The molecule has 1 aliphatic carbocycles. The van der Waals surface area contributed by atoms with Crippen molar-refractivity contribution in [2.75, 3.05) is 5.32 Å². The summed E-state index contributed by atoms with van der Waals surface area (Å²) in [6.07, 6.45) is 5.86. The number of nitrogens with one attached hydrogen (secondary N) is 1. The van der Waals surface area contributed by atoms with Crippen molar-refractivity contribution >= 4 is 5.69 Å². The zero-order chi connectivity index (χ0) is 14.8. The summed E-state index contributed by atoms with van der Waals surface area (Å²) in [5, 5.41) is 3.35. The molecule has 2 rings (SSSR count). The molecule has 1 aromatic rings. The van der Waals surface area contributed by atoms with E-state index in [1.54, 1.807) is 6.07 Å². The largest absolute Gasteiger partial charge is 0.382 e. The number of halogens is 2. The van der Waals surface area contributed by atoms with Crippen molar-refractivity contribution in [3.63, 3.8) is 0 Å². The fraction of sp³-hybridized carbons (Fsp3) is 0.647. The Hall–Kier alpha value is -1.12. The van der Waals surface area contributed by atoms with E-state index in [0.717, 1.165) is 18.8 Å². The first-order chi connectivity index (χ1) is 9.36. The fourth-order valence-electron chi connectivity index (χ4n) is 3.13. The van der Waals surface area contributed by atoms with Gasteiger partial charge in [-0.3, -0.25) is 0 Å². The Bertz CT molecular complexity index is 451. The van der Waals surface area contributed by atoms with E-state index in [1.807, 2.05) is 0 Å². The van der Waals surface area contributed by atoms with Gasteiger partial charge in [0.1, 0.15) is 0 Å². The fourth-order valence-corrected chi connectivity index (χ4v) is 3.13. The lowest BCUT2D eigenvalue weighted by atomic mass is 9.76. The predicted molar refractivity (Wildman–Crippen MR) is 79.8 cm³/mol. The summed E-state index contributed by atoms with van der Waals surface area (Å²) in [7, 11) is 0. The van der Waals surface area contributed by atoms with Crippen molar-refractivity contribution < 1.29 is 8.78 Å². The Kier molecular flexibility index (Phi) is 4.66. The molecule has 0 radical (unpaired) electrons. The van der Waals surface area contributed by atoms with Gasteiger partial charge in [-0.25, -0.2) is 8.78 Å². The van der Waals surface area contributed by atoms with E-state index in [2.05, 4.69) is 26.1 Å². The van der Waals surface area contributed by atoms with Crippen LogP contribution in [0.25, 0.3) is 0 Å². The first kappa shape index (κ1) is 15.3. The number of anilines is 1. The maximum absolute atomic E-state index is 13.2. The molecule has 3 heteroatoms. The zero-order valence-corrected chi connectivity index (χ0v) is 12.7. The van der Waals surface area contributed by atoms with Gasteiger partial charge in [0.25, 0.3) is 0 Å². The maximum atomic E-state index is 13.2. The standard InChI is InChI=1S/C17H25F2N/c1-17(2,3)12-5-4-6-13(8-7-12)20-14-9-10-15(18)16(19)11-14/h9-13,20H,4-8H2,1-3H3. The van der Waals surface area contributed by atoms with Gasteiger partial charge in [-0.1, -0.05) is 27.2 Å². The molecule has 2 unspecified atom stereocenters. The summed E-state index contributed by atoms with van der Waals surface area (Å²) in [5.74, 6) is -0.820. The molecule has 0 amide bonds. The van der Waals surface area contributed by atoms with E-state index in [-0.39, 0.29) is 0 Å².